The van der Waals surface area contributed by atoms with Gasteiger partial charge in [0.2, 0.25) is 0 Å². The number of benzene rings is 1. The van der Waals surface area contributed by atoms with E-state index < -0.39 is 0 Å². The van der Waals surface area contributed by atoms with Crippen molar-refractivity contribution >= 4 is 5.69 Å². The number of anilines is 1. The van der Waals surface area contributed by atoms with E-state index >= 15 is 0 Å². The lowest BCUT2D eigenvalue weighted by Gasteiger charge is -2.38. The molecule has 0 atom stereocenters. The number of aromatic nitrogens is 4. The van der Waals surface area contributed by atoms with Gasteiger partial charge in [-0.15, -0.1) is 5.10 Å². The third-order valence-corrected chi connectivity index (χ3v) is 4.13. The second kappa shape index (κ2) is 4.77. The highest BCUT2D eigenvalue weighted by molar-refractivity contribution is 5.77. The minimum atomic E-state index is 0.293. The summed E-state index contributed by atoms with van der Waals surface area (Å²) in [6.45, 7) is 3.08. The van der Waals surface area contributed by atoms with Crippen molar-refractivity contribution in [1.29, 1.82) is 0 Å². The van der Waals surface area contributed by atoms with Gasteiger partial charge in [0.05, 0.1) is 19.2 Å². The molecule has 6 heteroatoms. The Morgan fingerprint density at radius 1 is 1.40 bits per heavy atom. The highest BCUT2D eigenvalue weighted by atomic mass is 16.5. The van der Waals surface area contributed by atoms with E-state index in [0.29, 0.717) is 22.7 Å². The van der Waals surface area contributed by atoms with E-state index in [1.807, 2.05) is 22.9 Å². The number of rotatable bonds is 4. The molecule has 1 aliphatic rings. The molecule has 0 unspecified atom stereocenters. The van der Waals surface area contributed by atoms with E-state index in [1.165, 1.54) is 19.3 Å². The largest absolute Gasteiger partial charge is 0.496 e. The van der Waals surface area contributed by atoms with E-state index in [9.17, 15) is 0 Å². The van der Waals surface area contributed by atoms with Crippen molar-refractivity contribution in [2.24, 2.45) is 5.41 Å². The molecule has 1 aromatic carbocycles. The van der Waals surface area contributed by atoms with Gasteiger partial charge in [0.1, 0.15) is 5.75 Å². The number of nitrogens with two attached hydrogens (primary N) is 1. The summed E-state index contributed by atoms with van der Waals surface area (Å²) in [5.74, 6) is 1.37. The third-order valence-electron chi connectivity index (χ3n) is 4.13. The molecule has 106 valence electrons. The maximum atomic E-state index is 6.08. The van der Waals surface area contributed by atoms with Gasteiger partial charge in [0, 0.05) is 5.69 Å². The van der Waals surface area contributed by atoms with E-state index in [2.05, 4.69) is 22.4 Å². The van der Waals surface area contributed by atoms with Crippen LogP contribution in [0.5, 0.6) is 5.75 Å². The monoisotopic (exact) mass is 273 g/mol. The van der Waals surface area contributed by atoms with E-state index in [-0.39, 0.29) is 0 Å². The maximum Gasteiger partial charge on any atom is 0.187 e. The molecular weight excluding hydrogens is 254 g/mol. The lowest BCUT2D eigenvalue weighted by molar-refractivity contribution is 0.126. The fourth-order valence-electron chi connectivity index (χ4n) is 2.75. The Balaban J connectivity index is 2.01. The third kappa shape index (κ3) is 2.11. The zero-order valence-electron chi connectivity index (χ0n) is 11.8. The van der Waals surface area contributed by atoms with Crippen LogP contribution in [0, 0.1) is 5.41 Å². The van der Waals surface area contributed by atoms with Crippen LogP contribution in [0.4, 0.5) is 5.69 Å². The van der Waals surface area contributed by atoms with Crippen molar-refractivity contribution in [3.8, 4) is 17.1 Å². The number of methoxy groups -OCH3 is 1. The second-order valence-electron chi connectivity index (χ2n) is 5.75. The van der Waals surface area contributed by atoms with E-state index in [1.54, 1.807) is 7.11 Å². The Morgan fingerprint density at radius 2 is 2.20 bits per heavy atom. The number of hydrogen-bond acceptors (Lipinski definition) is 5. The second-order valence-corrected chi connectivity index (χ2v) is 5.75. The van der Waals surface area contributed by atoms with Crippen LogP contribution in [-0.4, -0.2) is 27.3 Å². The van der Waals surface area contributed by atoms with Gasteiger partial charge >= 0.3 is 0 Å². The van der Waals surface area contributed by atoms with Gasteiger partial charge in [0.25, 0.3) is 0 Å². The van der Waals surface area contributed by atoms with Crippen LogP contribution in [-0.2, 0) is 6.54 Å². The van der Waals surface area contributed by atoms with Crippen LogP contribution in [0.1, 0.15) is 26.2 Å². The molecule has 1 aliphatic carbocycles. The number of ether oxygens (including phenoxy) is 1. The summed E-state index contributed by atoms with van der Waals surface area (Å²) in [4.78, 5) is 0. The smallest absolute Gasteiger partial charge is 0.187 e. The number of hydrogen-bond donors (Lipinski definition) is 1. The van der Waals surface area contributed by atoms with Gasteiger partial charge in [-0.3, -0.25) is 0 Å². The minimum absolute atomic E-state index is 0.293. The van der Waals surface area contributed by atoms with Crippen LogP contribution in [0.3, 0.4) is 0 Å². The summed E-state index contributed by atoms with van der Waals surface area (Å²) in [6.07, 6.45) is 3.71. The molecule has 1 heterocycles. The zero-order chi connectivity index (χ0) is 14.2. The van der Waals surface area contributed by atoms with Gasteiger partial charge in [0.15, 0.2) is 5.82 Å². The fraction of sp³-hybridized carbons (Fsp3) is 0.500. The molecule has 2 aromatic rings. The molecule has 2 N–H and O–H groups in total. The molecule has 0 aliphatic heterocycles. The van der Waals surface area contributed by atoms with Gasteiger partial charge in [-0.2, -0.15) is 0 Å². The van der Waals surface area contributed by atoms with Crippen molar-refractivity contribution in [2.75, 3.05) is 12.8 Å². The maximum absolute atomic E-state index is 6.08. The molecule has 0 saturated heterocycles. The van der Waals surface area contributed by atoms with Crippen molar-refractivity contribution < 1.29 is 4.74 Å². The fourth-order valence-corrected chi connectivity index (χ4v) is 2.75. The van der Waals surface area contributed by atoms with Crippen molar-refractivity contribution in [3.05, 3.63) is 18.2 Å². The molecule has 0 spiro atoms. The Kier molecular flexibility index (Phi) is 3.08. The SMILES string of the molecule is COc1cccc(N)c1-c1nnnn1CC1(C)CCC1. The average molecular weight is 273 g/mol. The molecule has 1 fully saturated rings. The Bertz CT molecular complexity index is 618. The van der Waals surface area contributed by atoms with Crippen molar-refractivity contribution in [2.45, 2.75) is 32.7 Å². The molecule has 0 radical (unpaired) electrons. The Labute approximate surface area is 117 Å². The van der Waals surface area contributed by atoms with E-state index in [0.717, 1.165) is 12.1 Å². The molecule has 20 heavy (non-hydrogen) atoms. The predicted octanol–water partition coefficient (Wildman–Crippen LogP) is 2.12. The van der Waals surface area contributed by atoms with E-state index in [4.69, 9.17) is 10.5 Å². The molecule has 3 rings (SSSR count). The number of nitrogen functional groups attached to an aromatic ring is 1. The van der Waals surface area contributed by atoms with Crippen LogP contribution < -0.4 is 10.5 Å². The van der Waals surface area contributed by atoms with Crippen molar-refractivity contribution in [3.63, 3.8) is 0 Å². The first kappa shape index (κ1) is 12.9. The summed E-state index contributed by atoms with van der Waals surface area (Å²) < 4.78 is 7.23. The van der Waals surface area contributed by atoms with Gasteiger partial charge in [-0.25, -0.2) is 4.68 Å². The van der Waals surface area contributed by atoms with Crippen LogP contribution in [0.2, 0.25) is 0 Å². The Hall–Kier alpha value is -2.11. The summed E-state index contributed by atoms with van der Waals surface area (Å²) >= 11 is 0. The molecule has 0 bridgehead atoms. The highest BCUT2D eigenvalue weighted by Crippen LogP contribution is 2.42. The van der Waals surface area contributed by atoms with Crippen LogP contribution >= 0.6 is 0 Å². The summed E-state index contributed by atoms with van der Waals surface area (Å²) in [5, 5.41) is 12.1. The van der Waals surface area contributed by atoms with Crippen LogP contribution in [0.15, 0.2) is 18.2 Å². The van der Waals surface area contributed by atoms with Gasteiger partial charge in [-0.05, 0) is 40.8 Å². The normalized spacial score (nSPS) is 16.7. The molecule has 1 saturated carbocycles. The topological polar surface area (TPSA) is 78.8 Å². The molecule has 1 aromatic heterocycles. The molecule has 6 nitrogen and oxygen atoms in total. The predicted molar refractivity (Wildman–Crippen MR) is 76.2 cm³/mol. The average Bonchev–Trinajstić information content (AvgIpc) is 2.84. The lowest BCUT2D eigenvalue weighted by atomic mass is 9.70. The van der Waals surface area contributed by atoms with Crippen molar-refractivity contribution in [1.82, 2.24) is 20.2 Å². The van der Waals surface area contributed by atoms with Crippen LogP contribution in [0.25, 0.3) is 11.4 Å². The Morgan fingerprint density at radius 3 is 2.85 bits per heavy atom. The first-order valence-electron chi connectivity index (χ1n) is 6.82. The zero-order valence-corrected chi connectivity index (χ0v) is 11.8. The summed E-state index contributed by atoms with van der Waals surface area (Å²) in [6, 6.07) is 5.57. The number of nitrogens with zero attached hydrogens (tertiary/aromatic N) is 4. The highest BCUT2D eigenvalue weighted by Gasteiger charge is 2.33. The lowest BCUT2D eigenvalue weighted by Crippen LogP contribution is -2.31. The minimum Gasteiger partial charge on any atom is -0.496 e. The number of tetrazole rings is 1. The molecule has 0 amide bonds. The van der Waals surface area contributed by atoms with Gasteiger partial charge < -0.3 is 10.5 Å². The first-order valence-corrected chi connectivity index (χ1v) is 6.82. The molecular formula is C14H19N5O. The standard InChI is InChI=1S/C14H19N5O/c1-14(7-4-8-14)9-19-13(16-17-18-19)12-10(15)5-3-6-11(12)20-2/h3,5-6H,4,7-9,15H2,1-2H3. The summed E-state index contributed by atoms with van der Waals surface area (Å²) in [5.41, 5.74) is 7.76. The van der Waals surface area contributed by atoms with Gasteiger partial charge in [-0.1, -0.05) is 19.4 Å². The first-order chi connectivity index (χ1) is 9.63. The summed E-state index contributed by atoms with van der Waals surface area (Å²) in [7, 11) is 1.62. The quantitative estimate of drug-likeness (QED) is 0.863.